The molecule has 0 unspecified atom stereocenters. The summed E-state index contributed by atoms with van der Waals surface area (Å²) < 4.78 is 0. The van der Waals surface area contributed by atoms with Crippen molar-refractivity contribution in [1.29, 1.82) is 0 Å². The fraction of sp³-hybridized carbons (Fsp3) is 0.429. The first kappa shape index (κ1) is 11.8. The van der Waals surface area contributed by atoms with E-state index in [2.05, 4.69) is 4.99 Å². The van der Waals surface area contributed by atoms with Gasteiger partial charge in [0.05, 0.1) is 11.3 Å². The fourth-order valence-electron chi connectivity index (χ4n) is 2.24. The monoisotopic (exact) mass is 231 g/mol. The molecule has 1 aromatic rings. The van der Waals surface area contributed by atoms with Crippen LogP contribution in [0.3, 0.4) is 0 Å². The standard InChI is InChI=1S/C14H17NO2/c16-14(17)12-8-4-5-9-13(12)15-10-11-6-2-1-3-7-11/h4-5,8-11H,1-3,6-7H2,(H,16,17). The zero-order chi connectivity index (χ0) is 12.1. The van der Waals surface area contributed by atoms with Crippen LogP contribution < -0.4 is 0 Å². The number of rotatable bonds is 3. The Morgan fingerprint density at radius 1 is 1.24 bits per heavy atom. The molecule has 1 fully saturated rings. The number of hydrogen-bond acceptors (Lipinski definition) is 2. The number of carboxylic acids is 1. The van der Waals surface area contributed by atoms with Crippen molar-refractivity contribution in [1.82, 2.24) is 0 Å². The lowest BCUT2D eigenvalue weighted by Crippen LogP contribution is -2.07. The molecule has 0 amide bonds. The highest BCUT2D eigenvalue weighted by Gasteiger charge is 2.12. The summed E-state index contributed by atoms with van der Waals surface area (Å²) >= 11 is 0. The van der Waals surface area contributed by atoms with Crippen molar-refractivity contribution in [3.8, 4) is 0 Å². The number of nitrogens with zero attached hydrogens (tertiary/aromatic N) is 1. The molecule has 17 heavy (non-hydrogen) atoms. The van der Waals surface area contributed by atoms with Crippen LogP contribution in [0.25, 0.3) is 0 Å². The van der Waals surface area contributed by atoms with Crippen LogP contribution in [0, 0.1) is 5.92 Å². The Kier molecular flexibility index (Phi) is 3.91. The molecule has 0 radical (unpaired) electrons. The van der Waals surface area contributed by atoms with E-state index in [1.54, 1.807) is 18.2 Å². The second kappa shape index (κ2) is 5.62. The third kappa shape index (κ3) is 3.16. The molecule has 0 atom stereocenters. The van der Waals surface area contributed by atoms with Gasteiger partial charge in [0.25, 0.3) is 0 Å². The van der Waals surface area contributed by atoms with Crippen LogP contribution in [-0.2, 0) is 0 Å². The molecular formula is C14H17NO2. The predicted octanol–water partition coefficient (Wildman–Crippen LogP) is 3.67. The minimum atomic E-state index is -0.915. The number of carboxylic acid groups (broad SMARTS) is 1. The van der Waals surface area contributed by atoms with Gasteiger partial charge in [-0.25, -0.2) is 4.79 Å². The van der Waals surface area contributed by atoms with E-state index in [0.717, 1.165) is 0 Å². The average molecular weight is 231 g/mol. The summed E-state index contributed by atoms with van der Waals surface area (Å²) in [5, 5.41) is 9.03. The van der Waals surface area contributed by atoms with Gasteiger partial charge in [-0.3, -0.25) is 4.99 Å². The highest BCUT2D eigenvalue weighted by Crippen LogP contribution is 2.24. The number of carbonyl (C=O) groups is 1. The highest BCUT2D eigenvalue weighted by molar-refractivity contribution is 5.94. The molecule has 1 aliphatic rings. The van der Waals surface area contributed by atoms with E-state index in [1.165, 1.54) is 32.1 Å². The van der Waals surface area contributed by atoms with E-state index in [9.17, 15) is 4.79 Å². The largest absolute Gasteiger partial charge is 0.478 e. The van der Waals surface area contributed by atoms with Gasteiger partial charge in [0.15, 0.2) is 0 Å². The van der Waals surface area contributed by atoms with Gasteiger partial charge >= 0.3 is 5.97 Å². The van der Waals surface area contributed by atoms with E-state index in [4.69, 9.17) is 5.11 Å². The van der Waals surface area contributed by atoms with Crippen LogP contribution in [-0.4, -0.2) is 17.3 Å². The summed E-state index contributed by atoms with van der Waals surface area (Å²) in [6.07, 6.45) is 8.13. The van der Waals surface area contributed by atoms with E-state index in [1.807, 2.05) is 12.3 Å². The smallest absolute Gasteiger partial charge is 0.337 e. The molecule has 0 saturated heterocycles. The molecule has 0 heterocycles. The fourth-order valence-corrected chi connectivity index (χ4v) is 2.24. The Labute approximate surface area is 101 Å². The van der Waals surface area contributed by atoms with Crippen LogP contribution in [0.1, 0.15) is 42.5 Å². The van der Waals surface area contributed by atoms with Gasteiger partial charge in [-0.1, -0.05) is 31.4 Å². The number of benzene rings is 1. The van der Waals surface area contributed by atoms with Gasteiger partial charge in [-0.2, -0.15) is 0 Å². The van der Waals surface area contributed by atoms with Crippen molar-refractivity contribution >= 4 is 17.9 Å². The van der Waals surface area contributed by atoms with Gasteiger partial charge < -0.3 is 5.11 Å². The summed E-state index contributed by atoms with van der Waals surface area (Å²) in [5.74, 6) is -0.396. The van der Waals surface area contributed by atoms with Crippen LogP contribution in [0.5, 0.6) is 0 Å². The Morgan fingerprint density at radius 2 is 1.94 bits per heavy atom. The third-order valence-corrected chi connectivity index (χ3v) is 3.21. The molecule has 0 spiro atoms. The second-order valence-corrected chi connectivity index (χ2v) is 4.50. The van der Waals surface area contributed by atoms with E-state index in [0.29, 0.717) is 11.6 Å². The maximum absolute atomic E-state index is 11.0. The molecule has 1 aromatic carbocycles. The van der Waals surface area contributed by atoms with E-state index >= 15 is 0 Å². The molecule has 0 aliphatic heterocycles. The maximum Gasteiger partial charge on any atom is 0.337 e. The SMILES string of the molecule is O=C(O)c1ccccc1N=CC1CCCCC1. The molecule has 2 rings (SSSR count). The van der Waals surface area contributed by atoms with Crippen molar-refractivity contribution in [3.63, 3.8) is 0 Å². The lowest BCUT2D eigenvalue weighted by atomic mass is 9.90. The van der Waals surface area contributed by atoms with Crippen molar-refractivity contribution in [2.45, 2.75) is 32.1 Å². The third-order valence-electron chi connectivity index (χ3n) is 3.21. The minimum Gasteiger partial charge on any atom is -0.478 e. The predicted molar refractivity (Wildman–Crippen MR) is 68.1 cm³/mol. The lowest BCUT2D eigenvalue weighted by molar-refractivity contribution is 0.0698. The first-order valence-electron chi connectivity index (χ1n) is 6.14. The van der Waals surface area contributed by atoms with Crippen molar-refractivity contribution in [2.75, 3.05) is 0 Å². The van der Waals surface area contributed by atoms with Crippen molar-refractivity contribution in [3.05, 3.63) is 29.8 Å². The second-order valence-electron chi connectivity index (χ2n) is 4.50. The van der Waals surface area contributed by atoms with E-state index in [-0.39, 0.29) is 5.56 Å². The van der Waals surface area contributed by atoms with Crippen LogP contribution >= 0.6 is 0 Å². The summed E-state index contributed by atoms with van der Waals surface area (Å²) in [5.41, 5.74) is 0.838. The molecular weight excluding hydrogens is 214 g/mol. The molecule has 0 aromatic heterocycles. The molecule has 90 valence electrons. The average Bonchev–Trinajstić information content (AvgIpc) is 2.38. The van der Waals surface area contributed by atoms with Gasteiger partial charge in [-0.05, 0) is 30.9 Å². The number of hydrogen-bond donors (Lipinski definition) is 1. The molecule has 1 saturated carbocycles. The number of aliphatic imine (C=N–C) groups is 1. The summed E-state index contributed by atoms with van der Waals surface area (Å²) in [4.78, 5) is 15.3. The molecule has 1 aliphatic carbocycles. The van der Waals surface area contributed by atoms with Gasteiger partial charge in [0.2, 0.25) is 0 Å². The van der Waals surface area contributed by atoms with Crippen LogP contribution in [0.4, 0.5) is 5.69 Å². The minimum absolute atomic E-state index is 0.277. The quantitative estimate of drug-likeness (QED) is 0.807. The summed E-state index contributed by atoms with van der Waals surface area (Å²) in [6, 6.07) is 6.89. The van der Waals surface area contributed by atoms with Gasteiger partial charge in [0, 0.05) is 6.21 Å². The van der Waals surface area contributed by atoms with Gasteiger partial charge in [-0.15, -0.1) is 0 Å². The van der Waals surface area contributed by atoms with Gasteiger partial charge in [0.1, 0.15) is 0 Å². The first-order valence-corrected chi connectivity index (χ1v) is 6.14. The summed E-state index contributed by atoms with van der Waals surface area (Å²) in [7, 11) is 0. The Morgan fingerprint density at radius 3 is 2.65 bits per heavy atom. The zero-order valence-electron chi connectivity index (χ0n) is 9.80. The van der Waals surface area contributed by atoms with E-state index < -0.39 is 5.97 Å². The normalized spacial score (nSPS) is 17.4. The van der Waals surface area contributed by atoms with Crippen LogP contribution in [0.2, 0.25) is 0 Å². The van der Waals surface area contributed by atoms with Crippen LogP contribution in [0.15, 0.2) is 29.3 Å². The number of aromatic carboxylic acids is 1. The Hall–Kier alpha value is -1.64. The highest BCUT2D eigenvalue weighted by atomic mass is 16.4. The first-order chi connectivity index (χ1) is 8.27. The Balaban J connectivity index is 2.11. The molecule has 3 heteroatoms. The maximum atomic E-state index is 11.0. The molecule has 3 nitrogen and oxygen atoms in total. The summed E-state index contributed by atoms with van der Waals surface area (Å²) in [6.45, 7) is 0. The van der Waals surface area contributed by atoms with Crippen molar-refractivity contribution < 1.29 is 9.90 Å². The topological polar surface area (TPSA) is 49.7 Å². The molecule has 1 N–H and O–H groups in total. The zero-order valence-corrected chi connectivity index (χ0v) is 9.80. The lowest BCUT2D eigenvalue weighted by Gasteiger charge is -2.16. The van der Waals surface area contributed by atoms with Crippen molar-refractivity contribution in [2.24, 2.45) is 10.9 Å². The molecule has 0 bridgehead atoms. The Bertz CT molecular complexity index is 420. The number of para-hydroxylation sites is 1.